The van der Waals surface area contributed by atoms with Crippen LogP contribution in [-0.4, -0.2) is 17.6 Å². The van der Waals surface area contributed by atoms with Crippen LogP contribution in [0.4, 0.5) is 5.69 Å². The number of hydrogen-bond acceptors (Lipinski definition) is 6. The van der Waals surface area contributed by atoms with E-state index in [-0.39, 0.29) is 0 Å². The SMILES string of the molecule is NC1=NC2(CCCCC2)N(c2ccc3oc4c(c3c2)CCCC4)C(N)=N1. The molecule has 0 bridgehead atoms. The predicted octanol–water partition coefficient (Wildman–Crippen LogP) is 3.42. The molecular formula is C20H25N5O. The highest BCUT2D eigenvalue weighted by atomic mass is 16.3. The van der Waals surface area contributed by atoms with Gasteiger partial charge in [-0.2, -0.15) is 4.99 Å². The fourth-order valence-corrected chi connectivity index (χ4v) is 4.88. The second-order valence-corrected chi connectivity index (χ2v) is 7.71. The van der Waals surface area contributed by atoms with E-state index in [1.807, 2.05) is 0 Å². The van der Waals surface area contributed by atoms with Crippen LogP contribution in [0.3, 0.4) is 0 Å². The van der Waals surface area contributed by atoms with Crippen LogP contribution in [0.15, 0.2) is 32.6 Å². The van der Waals surface area contributed by atoms with Gasteiger partial charge in [0.25, 0.3) is 0 Å². The standard InChI is InChI=1S/C20H25N5O/c21-18-23-19(22)25(20(24-18)10-4-1-5-11-20)13-8-9-17-15(12-13)14-6-2-3-7-16(14)26-17/h8-9,12H,1-7,10-11H2,(H4,21,22,23,24). The van der Waals surface area contributed by atoms with Gasteiger partial charge < -0.3 is 15.9 Å². The molecule has 0 amide bonds. The topological polar surface area (TPSA) is 93.1 Å². The third-order valence-electron chi connectivity index (χ3n) is 6.05. The maximum absolute atomic E-state index is 6.36. The van der Waals surface area contributed by atoms with Gasteiger partial charge in [0.05, 0.1) is 0 Å². The van der Waals surface area contributed by atoms with Crippen LogP contribution in [0.1, 0.15) is 56.3 Å². The summed E-state index contributed by atoms with van der Waals surface area (Å²) in [4.78, 5) is 11.1. The van der Waals surface area contributed by atoms with Crippen molar-refractivity contribution in [1.29, 1.82) is 0 Å². The van der Waals surface area contributed by atoms with Crippen LogP contribution in [0.2, 0.25) is 0 Å². The number of guanidine groups is 2. The molecule has 136 valence electrons. The van der Waals surface area contributed by atoms with E-state index in [2.05, 4.69) is 28.1 Å². The molecule has 1 spiro atoms. The third kappa shape index (κ3) is 2.31. The van der Waals surface area contributed by atoms with Crippen molar-refractivity contribution in [3.8, 4) is 0 Å². The molecule has 1 aliphatic heterocycles. The van der Waals surface area contributed by atoms with Crippen LogP contribution < -0.4 is 16.4 Å². The Morgan fingerprint density at radius 2 is 1.81 bits per heavy atom. The maximum atomic E-state index is 6.36. The summed E-state index contributed by atoms with van der Waals surface area (Å²) in [5.41, 5.74) is 15.3. The van der Waals surface area contributed by atoms with Gasteiger partial charge in [-0.15, -0.1) is 0 Å². The Labute approximate surface area is 152 Å². The molecule has 4 N–H and O–H groups in total. The molecule has 3 aliphatic rings. The van der Waals surface area contributed by atoms with E-state index < -0.39 is 5.66 Å². The summed E-state index contributed by atoms with van der Waals surface area (Å²) in [5, 5.41) is 1.21. The van der Waals surface area contributed by atoms with Crippen molar-refractivity contribution < 1.29 is 4.42 Å². The lowest BCUT2D eigenvalue weighted by Crippen LogP contribution is -2.58. The highest BCUT2D eigenvalue weighted by Crippen LogP contribution is 2.41. The molecule has 5 rings (SSSR count). The number of nitrogens with zero attached hydrogens (tertiary/aromatic N) is 3. The zero-order chi connectivity index (χ0) is 17.7. The summed E-state index contributed by atoms with van der Waals surface area (Å²) in [5.74, 6) is 1.89. The first kappa shape index (κ1) is 15.7. The Hall–Kier alpha value is -2.50. The number of rotatable bonds is 1. The first-order valence-electron chi connectivity index (χ1n) is 9.70. The number of furan rings is 1. The lowest BCUT2D eigenvalue weighted by atomic mass is 9.87. The van der Waals surface area contributed by atoms with E-state index in [1.54, 1.807) is 0 Å². The highest BCUT2D eigenvalue weighted by molar-refractivity contribution is 6.06. The molecule has 1 saturated carbocycles. The molecule has 6 nitrogen and oxygen atoms in total. The van der Waals surface area contributed by atoms with E-state index in [9.17, 15) is 0 Å². The van der Waals surface area contributed by atoms with E-state index in [4.69, 9.17) is 20.9 Å². The minimum atomic E-state index is -0.397. The molecule has 6 heteroatoms. The monoisotopic (exact) mass is 351 g/mol. The Morgan fingerprint density at radius 1 is 1.00 bits per heavy atom. The summed E-state index contributed by atoms with van der Waals surface area (Å²) < 4.78 is 6.09. The van der Waals surface area contributed by atoms with Gasteiger partial charge in [-0.1, -0.05) is 6.42 Å². The minimum absolute atomic E-state index is 0.294. The summed E-state index contributed by atoms with van der Waals surface area (Å²) >= 11 is 0. The zero-order valence-corrected chi connectivity index (χ0v) is 15.0. The molecule has 2 aromatic rings. The zero-order valence-electron chi connectivity index (χ0n) is 15.0. The first-order valence-corrected chi connectivity index (χ1v) is 9.70. The van der Waals surface area contributed by atoms with Crippen LogP contribution in [0.5, 0.6) is 0 Å². The predicted molar refractivity (Wildman–Crippen MR) is 104 cm³/mol. The van der Waals surface area contributed by atoms with Gasteiger partial charge in [-0.3, -0.25) is 4.90 Å². The normalized spacial score (nSPS) is 22.2. The molecule has 0 atom stereocenters. The maximum Gasteiger partial charge on any atom is 0.220 e. The number of benzene rings is 1. The van der Waals surface area contributed by atoms with Crippen molar-refractivity contribution in [2.24, 2.45) is 21.5 Å². The molecule has 0 radical (unpaired) electrons. The molecule has 0 saturated heterocycles. The molecule has 26 heavy (non-hydrogen) atoms. The molecule has 1 aromatic carbocycles. The van der Waals surface area contributed by atoms with Gasteiger partial charge in [0, 0.05) is 23.1 Å². The second-order valence-electron chi connectivity index (χ2n) is 7.71. The van der Waals surface area contributed by atoms with Crippen molar-refractivity contribution in [3.63, 3.8) is 0 Å². The number of fused-ring (bicyclic) bond motifs is 3. The number of aryl methyl sites for hydroxylation is 2. The van der Waals surface area contributed by atoms with Crippen LogP contribution >= 0.6 is 0 Å². The fourth-order valence-electron chi connectivity index (χ4n) is 4.88. The van der Waals surface area contributed by atoms with Gasteiger partial charge in [0.15, 0.2) is 0 Å². The average Bonchev–Trinajstić information content (AvgIpc) is 3.00. The van der Waals surface area contributed by atoms with Gasteiger partial charge in [-0.25, -0.2) is 4.99 Å². The van der Waals surface area contributed by atoms with Gasteiger partial charge in [0.1, 0.15) is 17.0 Å². The quantitative estimate of drug-likeness (QED) is 0.823. The van der Waals surface area contributed by atoms with E-state index >= 15 is 0 Å². The molecule has 0 unspecified atom stereocenters. The Bertz CT molecular complexity index is 920. The van der Waals surface area contributed by atoms with Crippen LogP contribution in [0, 0.1) is 0 Å². The highest BCUT2D eigenvalue weighted by Gasteiger charge is 2.42. The lowest BCUT2D eigenvalue weighted by Gasteiger charge is -2.45. The summed E-state index contributed by atoms with van der Waals surface area (Å²) in [6.45, 7) is 0. The summed E-state index contributed by atoms with van der Waals surface area (Å²) in [7, 11) is 0. The third-order valence-corrected chi connectivity index (χ3v) is 6.05. The number of hydrogen-bond donors (Lipinski definition) is 2. The van der Waals surface area contributed by atoms with Crippen molar-refractivity contribution in [1.82, 2.24) is 0 Å². The number of nitrogens with two attached hydrogens (primary N) is 2. The van der Waals surface area contributed by atoms with Crippen molar-refractivity contribution in [3.05, 3.63) is 29.5 Å². The van der Waals surface area contributed by atoms with Gasteiger partial charge in [0.2, 0.25) is 11.9 Å². The molecule has 1 fully saturated rings. The van der Waals surface area contributed by atoms with Gasteiger partial charge >= 0.3 is 0 Å². The average molecular weight is 351 g/mol. The minimum Gasteiger partial charge on any atom is -0.461 e. The van der Waals surface area contributed by atoms with Crippen molar-refractivity contribution in [2.75, 3.05) is 4.90 Å². The number of anilines is 1. The van der Waals surface area contributed by atoms with E-state index in [0.29, 0.717) is 11.9 Å². The smallest absolute Gasteiger partial charge is 0.220 e. The van der Waals surface area contributed by atoms with E-state index in [1.165, 1.54) is 30.2 Å². The van der Waals surface area contributed by atoms with Gasteiger partial charge in [-0.05, 0) is 63.1 Å². The Kier molecular flexibility index (Phi) is 3.48. The molecule has 2 aliphatic carbocycles. The van der Waals surface area contributed by atoms with Crippen molar-refractivity contribution in [2.45, 2.75) is 63.5 Å². The second kappa shape index (κ2) is 5.76. The largest absolute Gasteiger partial charge is 0.461 e. The Morgan fingerprint density at radius 3 is 2.65 bits per heavy atom. The van der Waals surface area contributed by atoms with Crippen LogP contribution in [0.25, 0.3) is 11.0 Å². The molecule has 1 aromatic heterocycles. The summed E-state index contributed by atoms with van der Waals surface area (Å²) in [6.07, 6.45) is 9.95. The molecular weight excluding hydrogens is 326 g/mol. The van der Waals surface area contributed by atoms with Crippen LogP contribution in [-0.2, 0) is 12.8 Å². The first-order chi connectivity index (χ1) is 12.7. The lowest BCUT2D eigenvalue weighted by molar-refractivity contribution is 0.305. The summed E-state index contributed by atoms with van der Waals surface area (Å²) in [6, 6.07) is 6.35. The molecule has 2 heterocycles. The van der Waals surface area contributed by atoms with E-state index in [0.717, 1.165) is 55.6 Å². The fraction of sp³-hybridized carbons (Fsp3) is 0.500. The number of aliphatic imine (C=N–C) groups is 2. The van der Waals surface area contributed by atoms with Crippen molar-refractivity contribution >= 4 is 28.6 Å². The Balaban J connectivity index is 1.64.